The van der Waals surface area contributed by atoms with Crippen LogP contribution in [0.2, 0.25) is 0 Å². The molecule has 0 aromatic heterocycles. The highest BCUT2D eigenvalue weighted by molar-refractivity contribution is 4.88. The zero-order chi connectivity index (χ0) is 7.40. The van der Waals surface area contributed by atoms with Crippen LogP contribution in [0.3, 0.4) is 0 Å². The number of hydrogen-bond acceptors (Lipinski definition) is 0. The minimum absolute atomic E-state index is 0.650. The third-order valence-corrected chi connectivity index (χ3v) is 2.44. The standard InChI is InChI=1S/C10H17/c1-9-7-5-3-4-6-8-10(9)2/h3,5,9-10H,1,4,6-8H2,2H3. The molecule has 1 aliphatic rings. The lowest BCUT2D eigenvalue weighted by atomic mass is 9.87. The van der Waals surface area contributed by atoms with Crippen molar-refractivity contribution in [2.75, 3.05) is 0 Å². The van der Waals surface area contributed by atoms with Crippen LogP contribution in [-0.2, 0) is 0 Å². The smallest absolute Gasteiger partial charge is 0.0320 e. The maximum Gasteiger partial charge on any atom is -0.0320 e. The third kappa shape index (κ3) is 2.17. The van der Waals surface area contributed by atoms with Crippen LogP contribution in [-0.4, -0.2) is 0 Å². The molecule has 2 unspecified atom stereocenters. The first-order valence-electron chi connectivity index (χ1n) is 4.29. The van der Waals surface area contributed by atoms with E-state index in [1.807, 2.05) is 0 Å². The lowest BCUT2D eigenvalue weighted by Crippen LogP contribution is -2.08. The van der Waals surface area contributed by atoms with E-state index in [0.29, 0.717) is 5.92 Å². The second-order valence-corrected chi connectivity index (χ2v) is 3.38. The van der Waals surface area contributed by atoms with E-state index in [0.717, 1.165) is 5.92 Å². The summed E-state index contributed by atoms with van der Waals surface area (Å²) in [5.74, 6) is 1.47. The SMILES string of the molecule is [CH2]C1CC=CCCCC1C. The topological polar surface area (TPSA) is 0 Å². The zero-order valence-corrected chi connectivity index (χ0v) is 6.84. The number of hydrogen-bond donors (Lipinski definition) is 0. The van der Waals surface area contributed by atoms with Crippen LogP contribution in [0.15, 0.2) is 12.2 Å². The Morgan fingerprint density at radius 2 is 2.20 bits per heavy atom. The molecular weight excluding hydrogens is 120 g/mol. The molecule has 0 aromatic carbocycles. The first-order valence-corrected chi connectivity index (χ1v) is 4.29. The fraction of sp³-hybridized carbons (Fsp3) is 0.700. The Kier molecular flexibility index (Phi) is 2.98. The first kappa shape index (κ1) is 7.84. The Morgan fingerprint density at radius 1 is 1.40 bits per heavy atom. The molecule has 1 radical (unpaired) electrons. The van der Waals surface area contributed by atoms with Crippen LogP contribution in [0.4, 0.5) is 0 Å². The van der Waals surface area contributed by atoms with Crippen LogP contribution in [0, 0.1) is 18.8 Å². The number of rotatable bonds is 0. The Morgan fingerprint density at radius 3 is 3.00 bits per heavy atom. The molecule has 0 nitrogen and oxygen atoms in total. The molecule has 0 bridgehead atoms. The Balaban J connectivity index is 2.41. The van der Waals surface area contributed by atoms with Gasteiger partial charge in [-0.05, 0) is 38.0 Å². The molecule has 0 heterocycles. The van der Waals surface area contributed by atoms with Crippen molar-refractivity contribution in [2.24, 2.45) is 11.8 Å². The third-order valence-electron chi connectivity index (χ3n) is 2.44. The van der Waals surface area contributed by atoms with Gasteiger partial charge in [-0.1, -0.05) is 25.5 Å². The van der Waals surface area contributed by atoms with E-state index < -0.39 is 0 Å². The predicted octanol–water partition coefficient (Wildman–Crippen LogP) is 3.20. The Labute approximate surface area is 64.3 Å². The summed E-state index contributed by atoms with van der Waals surface area (Å²) in [5, 5.41) is 0. The lowest BCUT2D eigenvalue weighted by Gasteiger charge is -2.19. The van der Waals surface area contributed by atoms with Crippen molar-refractivity contribution in [1.29, 1.82) is 0 Å². The van der Waals surface area contributed by atoms with Crippen LogP contribution in [0.5, 0.6) is 0 Å². The minimum Gasteiger partial charge on any atom is -0.0885 e. The van der Waals surface area contributed by atoms with Gasteiger partial charge in [-0.3, -0.25) is 0 Å². The van der Waals surface area contributed by atoms with E-state index in [4.69, 9.17) is 0 Å². The molecule has 10 heavy (non-hydrogen) atoms. The second kappa shape index (κ2) is 3.80. The zero-order valence-electron chi connectivity index (χ0n) is 6.84. The quantitative estimate of drug-likeness (QED) is 0.450. The van der Waals surface area contributed by atoms with Crippen molar-refractivity contribution >= 4 is 0 Å². The molecule has 0 saturated heterocycles. The molecule has 0 N–H and O–H groups in total. The highest BCUT2D eigenvalue weighted by Gasteiger charge is 2.11. The van der Waals surface area contributed by atoms with Gasteiger partial charge in [-0.2, -0.15) is 0 Å². The summed E-state index contributed by atoms with van der Waals surface area (Å²) in [6.07, 6.45) is 9.75. The van der Waals surface area contributed by atoms with Gasteiger partial charge in [0.05, 0.1) is 0 Å². The molecule has 0 amide bonds. The van der Waals surface area contributed by atoms with Crippen LogP contribution >= 0.6 is 0 Å². The first-order chi connectivity index (χ1) is 4.80. The molecule has 0 aromatic rings. The average molecular weight is 137 g/mol. The second-order valence-electron chi connectivity index (χ2n) is 3.38. The van der Waals surface area contributed by atoms with Gasteiger partial charge >= 0.3 is 0 Å². The molecular formula is C10H17. The van der Waals surface area contributed by atoms with Crippen molar-refractivity contribution in [3.05, 3.63) is 19.1 Å². The van der Waals surface area contributed by atoms with Gasteiger partial charge in [0.2, 0.25) is 0 Å². The molecule has 0 saturated carbocycles. The monoisotopic (exact) mass is 137 g/mol. The molecule has 2 atom stereocenters. The van der Waals surface area contributed by atoms with Gasteiger partial charge in [0.25, 0.3) is 0 Å². The van der Waals surface area contributed by atoms with Crippen LogP contribution < -0.4 is 0 Å². The summed E-state index contributed by atoms with van der Waals surface area (Å²) in [6, 6.07) is 0. The number of allylic oxidation sites excluding steroid dienone is 2. The van der Waals surface area contributed by atoms with Crippen molar-refractivity contribution in [3.8, 4) is 0 Å². The van der Waals surface area contributed by atoms with Gasteiger partial charge in [0.1, 0.15) is 0 Å². The predicted molar refractivity (Wildman–Crippen MR) is 45.6 cm³/mol. The van der Waals surface area contributed by atoms with Crippen molar-refractivity contribution < 1.29 is 0 Å². The van der Waals surface area contributed by atoms with Gasteiger partial charge in [0.15, 0.2) is 0 Å². The Bertz CT molecular complexity index is 113. The van der Waals surface area contributed by atoms with E-state index in [1.54, 1.807) is 0 Å². The average Bonchev–Trinajstić information content (AvgIpc) is 1.92. The summed E-state index contributed by atoms with van der Waals surface area (Å²) >= 11 is 0. The Hall–Kier alpha value is -0.260. The van der Waals surface area contributed by atoms with Crippen LogP contribution in [0.1, 0.15) is 32.6 Å². The molecule has 0 fully saturated rings. The summed E-state index contributed by atoms with van der Waals surface area (Å²) < 4.78 is 0. The van der Waals surface area contributed by atoms with E-state index in [-0.39, 0.29) is 0 Å². The molecule has 1 aliphatic carbocycles. The lowest BCUT2D eigenvalue weighted by molar-refractivity contribution is 0.386. The highest BCUT2D eigenvalue weighted by Crippen LogP contribution is 2.23. The van der Waals surface area contributed by atoms with Crippen molar-refractivity contribution in [3.63, 3.8) is 0 Å². The normalized spacial score (nSPS) is 35.0. The fourth-order valence-corrected chi connectivity index (χ4v) is 1.41. The minimum atomic E-state index is 0.650. The fourth-order valence-electron chi connectivity index (χ4n) is 1.41. The van der Waals surface area contributed by atoms with Gasteiger partial charge < -0.3 is 0 Å². The molecule has 57 valence electrons. The van der Waals surface area contributed by atoms with Gasteiger partial charge in [-0.25, -0.2) is 0 Å². The summed E-state index contributed by atoms with van der Waals surface area (Å²) in [6.45, 7) is 6.45. The van der Waals surface area contributed by atoms with Gasteiger partial charge in [0, 0.05) is 0 Å². The molecule has 1 rings (SSSR count). The maximum absolute atomic E-state index is 4.13. The summed E-state index contributed by atoms with van der Waals surface area (Å²) in [5.41, 5.74) is 0. The maximum atomic E-state index is 4.13. The van der Waals surface area contributed by atoms with E-state index in [9.17, 15) is 0 Å². The largest absolute Gasteiger partial charge is 0.0885 e. The van der Waals surface area contributed by atoms with E-state index in [2.05, 4.69) is 26.0 Å². The van der Waals surface area contributed by atoms with Crippen molar-refractivity contribution in [1.82, 2.24) is 0 Å². The molecule has 0 heteroatoms. The highest BCUT2D eigenvalue weighted by atomic mass is 14.2. The van der Waals surface area contributed by atoms with Crippen molar-refractivity contribution in [2.45, 2.75) is 32.6 Å². The van der Waals surface area contributed by atoms with Gasteiger partial charge in [-0.15, -0.1) is 0 Å². The summed E-state index contributed by atoms with van der Waals surface area (Å²) in [4.78, 5) is 0. The molecule has 0 spiro atoms. The van der Waals surface area contributed by atoms with E-state index in [1.165, 1.54) is 25.7 Å². The van der Waals surface area contributed by atoms with E-state index >= 15 is 0 Å². The summed E-state index contributed by atoms with van der Waals surface area (Å²) in [7, 11) is 0. The molecule has 0 aliphatic heterocycles. The van der Waals surface area contributed by atoms with Crippen LogP contribution in [0.25, 0.3) is 0 Å².